The van der Waals surface area contributed by atoms with Gasteiger partial charge in [-0.15, -0.1) is 0 Å². The SMILES string of the molecule is Cc1cc2c(cc1Cl)N=C(Sc1ccc(C(=O)c3ccccc3)cc1[N+](=O)[O-])NNC(=O)CC2(C)C. The van der Waals surface area contributed by atoms with Crippen LogP contribution in [-0.2, 0) is 10.2 Å². The van der Waals surface area contributed by atoms with Crippen LogP contribution in [-0.4, -0.2) is 21.8 Å². The lowest BCUT2D eigenvalue weighted by Crippen LogP contribution is -2.41. The van der Waals surface area contributed by atoms with Gasteiger partial charge in [-0.1, -0.05) is 61.8 Å². The number of hydrogen-bond acceptors (Lipinski definition) is 7. The Hall–Kier alpha value is -3.69. The number of ketones is 1. The average Bonchev–Trinajstić information content (AvgIpc) is 2.87. The molecule has 3 aromatic rings. The second-order valence-corrected chi connectivity index (χ2v) is 10.4. The maximum absolute atomic E-state index is 12.8. The molecule has 0 fully saturated rings. The van der Waals surface area contributed by atoms with Crippen LogP contribution in [0.3, 0.4) is 0 Å². The molecule has 0 aromatic heterocycles. The number of nitro benzene ring substituents is 1. The summed E-state index contributed by atoms with van der Waals surface area (Å²) in [5, 5.41) is 12.6. The molecule has 0 atom stereocenters. The fraction of sp³-hybridized carbons (Fsp3) is 0.192. The number of benzene rings is 3. The van der Waals surface area contributed by atoms with Gasteiger partial charge in [-0.2, -0.15) is 0 Å². The molecule has 184 valence electrons. The van der Waals surface area contributed by atoms with Gasteiger partial charge in [0, 0.05) is 34.1 Å². The van der Waals surface area contributed by atoms with Crippen molar-refractivity contribution in [1.29, 1.82) is 0 Å². The summed E-state index contributed by atoms with van der Waals surface area (Å²) in [6.45, 7) is 5.77. The number of carbonyl (C=O) groups is 2. The van der Waals surface area contributed by atoms with E-state index in [-0.39, 0.29) is 39.4 Å². The molecule has 0 saturated heterocycles. The van der Waals surface area contributed by atoms with Crippen molar-refractivity contribution in [3.05, 3.63) is 98.1 Å². The molecule has 0 radical (unpaired) electrons. The number of carbonyl (C=O) groups excluding carboxylic acids is 2. The molecule has 3 aromatic carbocycles. The summed E-state index contributed by atoms with van der Waals surface area (Å²) in [5.41, 5.74) is 7.49. The van der Waals surface area contributed by atoms with Crippen LogP contribution in [0.15, 0.2) is 70.6 Å². The molecule has 36 heavy (non-hydrogen) atoms. The molecule has 0 aliphatic carbocycles. The predicted molar refractivity (Wildman–Crippen MR) is 141 cm³/mol. The average molecular weight is 523 g/mol. The van der Waals surface area contributed by atoms with E-state index in [1.165, 1.54) is 18.2 Å². The van der Waals surface area contributed by atoms with Gasteiger partial charge in [0.15, 0.2) is 11.0 Å². The number of nitro groups is 1. The van der Waals surface area contributed by atoms with Gasteiger partial charge in [-0.25, -0.2) is 4.99 Å². The highest BCUT2D eigenvalue weighted by Gasteiger charge is 2.30. The minimum atomic E-state index is -0.546. The Balaban J connectivity index is 1.75. The Morgan fingerprint density at radius 2 is 1.81 bits per heavy atom. The summed E-state index contributed by atoms with van der Waals surface area (Å²) in [4.78, 5) is 41.7. The molecule has 1 amide bonds. The minimum absolute atomic E-state index is 0.192. The number of hydrazine groups is 1. The maximum Gasteiger partial charge on any atom is 0.284 e. The van der Waals surface area contributed by atoms with Gasteiger partial charge in [0.2, 0.25) is 5.91 Å². The Morgan fingerprint density at radius 3 is 2.50 bits per heavy atom. The predicted octanol–water partition coefficient (Wildman–Crippen LogP) is 5.87. The molecule has 0 spiro atoms. The van der Waals surface area contributed by atoms with E-state index < -0.39 is 10.3 Å². The van der Waals surface area contributed by atoms with Crippen LogP contribution in [0.5, 0.6) is 0 Å². The van der Waals surface area contributed by atoms with Gasteiger partial charge in [0.05, 0.1) is 15.5 Å². The third kappa shape index (κ3) is 5.42. The number of amides is 1. The first kappa shape index (κ1) is 25.4. The molecule has 1 heterocycles. The molecular weight excluding hydrogens is 500 g/mol. The lowest BCUT2D eigenvalue weighted by molar-refractivity contribution is -0.387. The Kier molecular flexibility index (Phi) is 7.14. The van der Waals surface area contributed by atoms with Crippen LogP contribution in [0.1, 0.15) is 47.3 Å². The zero-order valence-corrected chi connectivity index (χ0v) is 21.4. The second kappa shape index (κ2) is 10.1. The zero-order chi connectivity index (χ0) is 26.0. The van der Waals surface area contributed by atoms with E-state index in [9.17, 15) is 19.7 Å². The summed E-state index contributed by atoms with van der Waals surface area (Å²) in [5.74, 6) is -0.575. The second-order valence-electron chi connectivity index (χ2n) is 9.01. The summed E-state index contributed by atoms with van der Waals surface area (Å²) < 4.78 is 0. The van der Waals surface area contributed by atoms with Crippen molar-refractivity contribution in [2.45, 2.75) is 37.5 Å². The molecule has 0 saturated carbocycles. The zero-order valence-electron chi connectivity index (χ0n) is 19.8. The van der Waals surface area contributed by atoms with Gasteiger partial charge in [0.1, 0.15) is 0 Å². The third-order valence-electron chi connectivity index (χ3n) is 5.80. The highest BCUT2D eigenvalue weighted by molar-refractivity contribution is 8.14. The van der Waals surface area contributed by atoms with E-state index in [0.29, 0.717) is 16.3 Å². The number of rotatable bonds is 4. The normalized spacial score (nSPS) is 14.8. The van der Waals surface area contributed by atoms with Gasteiger partial charge in [0.25, 0.3) is 5.69 Å². The van der Waals surface area contributed by atoms with Crippen molar-refractivity contribution in [1.82, 2.24) is 10.9 Å². The first-order valence-electron chi connectivity index (χ1n) is 11.1. The number of thioether (sulfide) groups is 1. The number of hydrogen-bond donors (Lipinski definition) is 2. The Labute approximate surface area is 217 Å². The number of halogens is 1. The van der Waals surface area contributed by atoms with E-state index in [0.717, 1.165) is 22.9 Å². The number of aryl methyl sites for hydroxylation is 1. The van der Waals surface area contributed by atoms with Crippen molar-refractivity contribution in [2.24, 2.45) is 4.99 Å². The van der Waals surface area contributed by atoms with E-state index in [2.05, 4.69) is 15.8 Å². The first-order chi connectivity index (χ1) is 17.0. The molecular formula is C26H23ClN4O4S. The fourth-order valence-corrected chi connectivity index (χ4v) is 4.89. The number of aliphatic imine (C=N–C) groups is 1. The monoisotopic (exact) mass is 522 g/mol. The van der Waals surface area contributed by atoms with Crippen LogP contribution >= 0.6 is 23.4 Å². The van der Waals surface area contributed by atoms with Crippen molar-refractivity contribution in [3.63, 3.8) is 0 Å². The Morgan fingerprint density at radius 1 is 1.08 bits per heavy atom. The van der Waals surface area contributed by atoms with Crippen molar-refractivity contribution < 1.29 is 14.5 Å². The van der Waals surface area contributed by atoms with Crippen molar-refractivity contribution in [3.8, 4) is 0 Å². The lowest BCUT2D eigenvalue weighted by atomic mass is 9.80. The number of fused-ring (bicyclic) bond motifs is 1. The number of amidine groups is 1. The molecule has 1 aliphatic heterocycles. The lowest BCUT2D eigenvalue weighted by Gasteiger charge is -2.26. The van der Waals surface area contributed by atoms with Crippen LogP contribution in [0.4, 0.5) is 11.4 Å². The molecule has 4 rings (SSSR count). The van der Waals surface area contributed by atoms with E-state index in [4.69, 9.17) is 11.6 Å². The van der Waals surface area contributed by atoms with Gasteiger partial charge < -0.3 is 0 Å². The number of nitrogens with one attached hydrogen (secondary N) is 2. The van der Waals surface area contributed by atoms with Gasteiger partial charge in [-0.05, 0) is 48.0 Å². The van der Waals surface area contributed by atoms with Crippen molar-refractivity contribution in [2.75, 3.05) is 0 Å². The van der Waals surface area contributed by atoms with Crippen LogP contribution in [0.25, 0.3) is 0 Å². The van der Waals surface area contributed by atoms with E-state index in [1.54, 1.807) is 36.4 Å². The third-order valence-corrected chi connectivity index (χ3v) is 7.16. The van der Waals surface area contributed by atoms with E-state index in [1.807, 2.05) is 26.8 Å². The minimum Gasteiger partial charge on any atom is -0.289 e. The summed E-state index contributed by atoms with van der Waals surface area (Å²) in [6, 6.07) is 16.5. The molecule has 10 heteroatoms. The molecule has 1 aliphatic rings. The topological polar surface area (TPSA) is 114 Å². The summed E-state index contributed by atoms with van der Waals surface area (Å²) in [7, 11) is 0. The summed E-state index contributed by atoms with van der Waals surface area (Å²) >= 11 is 7.35. The highest BCUT2D eigenvalue weighted by Crippen LogP contribution is 2.40. The molecule has 0 bridgehead atoms. The maximum atomic E-state index is 12.8. The fourth-order valence-electron chi connectivity index (χ4n) is 3.90. The molecule has 0 unspecified atom stereocenters. The largest absolute Gasteiger partial charge is 0.289 e. The van der Waals surface area contributed by atoms with Gasteiger partial charge in [-0.3, -0.25) is 30.6 Å². The van der Waals surface area contributed by atoms with Crippen molar-refractivity contribution >= 4 is 51.6 Å². The van der Waals surface area contributed by atoms with E-state index >= 15 is 0 Å². The summed E-state index contributed by atoms with van der Waals surface area (Å²) in [6.07, 6.45) is 0.192. The standard InChI is InChI=1S/C26H23ClN4O4S/c1-15-11-18-20(13-19(15)27)28-25(30-29-23(32)14-26(18,2)3)36-22-10-9-17(12-21(22)31(34)35)24(33)16-7-5-4-6-8-16/h4-13H,14H2,1-3H3,(H,28,30)(H,29,32). The first-order valence-corrected chi connectivity index (χ1v) is 12.2. The Bertz CT molecular complexity index is 1410. The van der Waals surface area contributed by atoms with Crippen LogP contribution < -0.4 is 10.9 Å². The highest BCUT2D eigenvalue weighted by atomic mass is 35.5. The molecule has 8 nitrogen and oxygen atoms in total. The van der Waals surface area contributed by atoms with Crippen LogP contribution in [0, 0.1) is 17.0 Å². The number of nitrogens with zero attached hydrogens (tertiary/aromatic N) is 2. The smallest absolute Gasteiger partial charge is 0.284 e. The van der Waals surface area contributed by atoms with Gasteiger partial charge >= 0.3 is 0 Å². The van der Waals surface area contributed by atoms with Crippen LogP contribution in [0.2, 0.25) is 5.02 Å². The molecule has 2 N–H and O–H groups in total. The quantitative estimate of drug-likeness (QED) is 0.251.